The van der Waals surface area contributed by atoms with Crippen LogP contribution in [-0.2, 0) is 4.79 Å². The fourth-order valence-electron chi connectivity index (χ4n) is 2.77. The van der Waals surface area contributed by atoms with Crippen molar-refractivity contribution in [3.05, 3.63) is 0 Å². The normalized spacial score (nSPS) is 21.8. The Bertz CT molecular complexity index is 247. The predicted octanol–water partition coefficient (Wildman–Crippen LogP) is 2.66. The molecule has 0 spiro atoms. The first-order valence-corrected chi connectivity index (χ1v) is 7.18. The van der Waals surface area contributed by atoms with Crippen molar-refractivity contribution in [2.24, 2.45) is 17.8 Å². The van der Waals surface area contributed by atoms with Gasteiger partial charge in [0.15, 0.2) is 0 Å². The first-order valence-electron chi connectivity index (χ1n) is 7.18. The summed E-state index contributed by atoms with van der Waals surface area (Å²) in [6.07, 6.45) is 8.33. The van der Waals surface area contributed by atoms with E-state index in [0.717, 1.165) is 43.6 Å². The predicted molar refractivity (Wildman–Crippen MR) is 67.9 cm³/mol. The summed E-state index contributed by atoms with van der Waals surface area (Å²) in [5, 5.41) is 12.5. The van der Waals surface area contributed by atoms with Crippen LogP contribution in [0.1, 0.15) is 51.9 Å². The van der Waals surface area contributed by atoms with Crippen molar-refractivity contribution in [3.8, 4) is 0 Å². The van der Waals surface area contributed by atoms with E-state index in [1.807, 2.05) is 0 Å². The maximum absolute atomic E-state index is 11.1. The second-order valence-corrected chi connectivity index (χ2v) is 5.78. The Morgan fingerprint density at radius 3 is 2.29 bits per heavy atom. The second-order valence-electron chi connectivity index (χ2n) is 5.78. The summed E-state index contributed by atoms with van der Waals surface area (Å²) in [7, 11) is 0. The molecular formula is C14H25NO2. The molecule has 0 amide bonds. The minimum atomic E-state index is -0.677. The molecule has 2 saturated carbocycles. The highest BCUT2D eigenvalue weighted by Crippen LogP contribution is 2.48. The van der Waals surface area contributed by atoms with Crippen LogP contribution in [-0.4, -0.2) is 23.7 Å². The molecule has 0 aromatic heterocycles. The van der Waals surface area contributed by atoms with Crippen LogP contribution in [0.15, 0.2) is 0 Å². The minimum Gasteiger partial charge on any atom is -0.480 e. The maximum Gasteiger partial charge on any atom is 0.320 e. The molecule has 0 saturated heterocycles. The largest absolute Gasteiger partial charge is 0.480 e. The highest BCUT2D eigenvalue weighted by molar-refractivity contribution is 5.73. The Morgan fingerprint density at radius 1 is 1.29 bits per heavy atom. The van der Waals surface area contributed by atoms with Crippen molar-refractivity contribution in [3.63, 3.8) is 0 Å². The second kappa shape index (κ2) is 5.85. The first kappa shape index (κ1) is 12.9. The molecule has 0 aromatic rings. The van der Waals surface area contributed by atoms with Gasteiger partial charge in [0.2, 0.25) is 0 Å². The molecule has 98 valence electrons. The molecule has 0 aliphatic heterocycles. The maximum atomic E-state index is 11.1. The van der Waals surface area contributed by atoms with Crippen LogP contribution in [0.3, 0.4) is 0 Å². The summed E-state index contributed by atoms with van der Waals surface area (Å²) >= 11 is 0. The van der Waals surface area contributed by atoms with E-state index in [1.165, 1.54) is 25.7 Å². The van der Waals surface area contributed by atoms with E-state index >= 15 is 0 Å². The van der Waals surface area contributed by atoms with Crippen molar-refractivity contribution < 1.29 is 9.90 Å². The topological polar surface area (TPSA) is 49.3 Å². The Morgan fingerprint density at radius 2 is 1.88 bits per heavy atom. The number of carboxylic acids is 1. The molecule has 1 atom stereocenters. The van der Waals surface area contributed by atoms with Crippen LogP contribution >= 0.6 is 0 Å². The number of hydrogen-bond donors (Lipinski definition) is 2. The summed E-state index contributed by atoms with van der Waals surface area (Å²) in [5.41, 5.74) is 0. The molecule has 2 aliphatic carbocycles. The van der Waals surface area contributed by atoms with Crippen molar-refractivity contribution in [2.75, 3.05) is 6.54 Å². The van der Waals surface area contributed by atoms with Crippen LogP contribution in [0.2, 0.25) is 0 Å². The number of hydrogen-bond acceptors (Lipinski definition) is 2. The number of carboxylic acid groups (broad SMARTS) is 1. The van der Waals surface area contributed by atoms with Crippen LogP contribution in [0.25, 0.3) is 0 Å². The first-order chi connectivity index (χ1) is 8.22. The summed E-state index contributed by atoms with van der Waals surface area (Å²) in [6, 6.07) is -0.324. The van der Waals surface area contributed by atoms with E-state index in [9.17, 15) is 4.79 Å². The SMILES string of the molecule is CCCCC(NCC(C1CC1)C1CC1)C(=O)O. The molecule has 2 aliphatic rings. The molecule has 3 heteroatoms. The third-order valence-electron chi connectivity index (χ3n) is 4.20. The highest BCUT2D eigenvalue weighted by atomic mass is 16.4. The number of rotatable bonds is 9. The monoisotopic (exact) mass is 239 g/mol. The number of carbonyl (C=O) groups is 1. The molecule has 0 heterocycles. The van der Waals surface area contributed by atoms with Crippen molar-refractivity contribution in [1.82, 2.24) is 5.32 Å². The van der Waals surface area contributed by atoms with Gasteiger partial charge >= 0.3 is 5.97 Å². The van der Waals surface area contributed by atoms with Crippen LogP contribution < -0.4 is 5.32 Å². The molecule has 17 heavy (non-hydrogen) atoms. The Balaban J connectivity index is 1.74. The third-order valence-corrected chi connectivity index (χ3v) is 4.20. The number of unbranched alkanes of at least 4 members (excludes halogenated alkanes) is 1. The lowest BCUT2D eigenvalue weighted by molar-refractivity contribution is -0.139. The lowest BCUT2D eigenvalue weighted by Gasteiger charge is -2.20. The van der Waals surface area contributed by atoms with Gasteiger partial charge in [0.05, 0.1) is 0 Å². The zero-order chi connectivity index (χ0) is 12.3. The number of aliphatic carboxylic acids is 1. The third kappa shape index (κ3) is 3.98. The number of nitrogens with one attached hydrogen (secondary N) is 1. The fourth-order valence-corrected chi connectivity index (χ4v) is 2.77. The van der Waals surface area contributed by atoms with Crippen LogP contribution in [0.4, 0.5) is 0 Å². The standard InChI is InChI=1S/C14H25NO2/c1-2-3-4-13(14(16)17)15-9-12(10-5-6-10)11-7-8-11/h10-13,15H,2-9H2,1H3,(H,16,17). The van der Waals surface area contributed by atoms with Gasteiger partial charge in [0.1, 0.15) is 6.04 Å². The minimum absolute atomic E-state index is 0.324. The van der Waals surface area contributed by atoms with Gasteiger partial charge < -0.3 is 10.4 Å². The lowest BCUT2D eigenvalue weighted by atomic mass is 9.97. The molecule has 0 aromatic carbocycles. The van der Waals surface area contributed by atoms with Crippen molar-refractivity contribution in [1.29, 1.82) is 0 Å². The van der Waals surface area contributed by atoms with Gasteiger partial charge in [-0.25, -0.2) is 0 Å². The Hall–Kier alpha value is -0.570. The summed E-state index contributed by atoms with van der Waals surface area (Å²) < 4.78 is 0. The van der Waals surface area contributed by atoms with E-state index < -0.39 is 5.97 Å². The smallest absolute Gasteiger partial charge is 0.320 e. The van der Waals surface area contributed by atoms with Gasteiger partial charge in [-0.1, -0.05) is 19.8 Å². The molecule has 1 unspecified atom stereocenters. The van der Waals surface area contributed by atoms with Gasteiger partial charge in [-0.05, 0) is 56.4 Å². The molecular weight excluding hydrogens is 214 g/mol. The van der Waals surface area contributed by atoms with Gasteiger partial charge in [-0.2, -0.15) is 0 Å². The van der Waals surface area contributed by atoms with Crippen LogP contribution in [0, 0.1) is 17.8 Å². The summed E-state index contributed by atoms with van der Waals surface area (Å²) in [4.78, 5) is 11.1. The van der Waals surface area contributed by atoms with Crippen molar-refractivity contribution >= 4 is 5.97 Å². The molecule has 3 nitrogen and oxygen atoms in total. The quantitative estimate of drug-likeness (QED) is 0.650. The Kier molecular flexibility index (Phi) is 4.43. The molecule has 0 bridgehead atoms. The molecule has 0 radical (unpaired) electrons. The van der Waals surface area contributed by atoms with Crippen LogP contribution in [0.5, 0.6) is 0 Å². The van der Waals surface area contributed by atoms with E-state index in [0.29, 0.717) is 0 Å². The zero-order valence-corrected chi connectivity index (χ0v) is 10.8. The Labute approximate surface area is 104 Å². The van der Waals surface area contributed by atoms with E-state index in [4.69, 9.17) is 5.11 Å². The van der Waals surface area contributed by atoms with Gasteiger partial charge in [-0.3, -0.25) is 4.79 Å². The average molecular weight is 239 g/mol. The van der Waals surface area contributed by atoms with Gasteiger partial charge in [0.25, 0.3) is 0 Å². The zero-order valence-electron chi connectivity index (χ0n) is 10.8. The summed E-state index contributed by atoms with van der Waals surface area (Å²) in [5.74, 6) is 1.88. The van der Waals surface area contributed by atoms with E-state index in [-0.39, 0.29) is 6.04 Å². The highest BCUT2D eigenvalue weighted by Gasteiger charge is 2.41. The van der Waals surface area contributed by atoms with E-state index in [2.05, 4.69) is 12.2 Å². The molecule has 2 fully saturated rings. The lowest BCUT2D eigenvalue weighted by Crippen LogP contribution is -2.40. The van der Waals surface area contributed by atoms with Crippen molar-refractivity contribution in [2.45, 2.75) is 57.9 Å². The fraction of sp³-hybridized carbons (Fsp3) is 0.929. The average Bonchev–Trinajstić information content (AvgIpc) is 3.16. The molecule has 2 rings (SSSR count). The van der Waals surface area contributed by atoms with Gasteiger partial charge in [0, 0.05) is 0 Å². The van der Waals surface area contributed by atoms with E-state index in [1.54, 1.807) is 0 Å². The molecule has 2 N–H and O–H groups in total. The van der Waals surface area contributed by atoms with Gasteiger partial charge in [-0.15, -0.1) is 0 Å². The summed E-state index contributed by atoms with van der Waals surface area (Å²) in [6.45, 7) is 3.03.